The van der Waals surface area contributed by atoms with E-state index in [2.05, 4.69) is 0 Å². The molecule has 0 aliphatic rings. The van der Waals surface area contributed by atoms with Gasteiger partial charge < -0.3 is 5.73 Å². The van der Waals surface area contributed by atoms with E-state index in [-0.39, 0.29) is 5.75 Å². The van der Waals surface area contributed by atoms with E-state index >= 15 is 0 Å². The maximum absolute atomic E-state index is 12.7. The van der Waals surface area contributed by atoms with Crippen LogP contribution in [-0.2, 0) is 15.8 Å². The zero-order chi connectivity index (χ0) is 15.5. The van der Waals surface area contributed by atoms with Crippen LogP contribution < -0.4 is 10.0 Å². The summed E-state index contributed by atoms with van der Waals surface area (Å²) in [5, 5.41) is 0. The molecule has 5 heteroatoms. The largest absolute Gasteiger partial charge is 0.398 e. The van der Waals surface area contributed by atoms with Crippen molar-refractivity contribution in [3.8, 4) is 0 Å². The molecule has 0 aromatic heterocycles. The van der Waals surface area contributed by atoms with E-state index in [0.29, 0.717) is 17.8 Å². The summed E-state index contributed by atoms with van der Waals surface area (Å²) < 4.78 is 26.9. The Labute approximate surface area is 126 Å². The zero-order valence-corrected chi connectivity index (χ0v) is 13.1. The number of hydrogen-bond donors (Lipinski definition) is 1. The molecule has 2 rings (SSSR count). The van der Waals surface area contributed by atoms with E-state index in [1.54, 1.807) is 24.3 Å². The summed E-state index contributed by atoms with van der Waals surface area (Å²) in [4.78, 5) is 0. The lowest BCUT2D eigenvalue weighted by atomic mass is 10.2. The zero-order valence-electron chi connectivity index (χ0n) is 12.3. The van der Waals surface area contributed by atoms with Crippen molar-refractivity contribution in [2.75, 3.05) is 16.6 Å². The summed E-state index contributed by atoms with van der Waals surface area (Å²) in [5.41, 5.74) is 8.64. The van der Waals surface area contributed by atoms with Crippen LogP contribution in [0, 0.1) is 6.92 Å². The predicted octanol–water partition coefficient (Wildman–Crippen LogP) is 2.93. The lowest BCUT2D eigenvalue weighted by Crippen LogP contribution is -2.32. The van der Waals surface area contributed by atoms with Gasteiger partial charge >= 0.3 is 0 Å². The topological polar surface area (TPSA) is 63.4 Å². The Morgan fingerprint density at radius 2 is 1.67 bits per heavy atom. The molecule has 0 bridgehead atoms. The highest BCUT2D eigenvalue weighted by atomic mass is 32.2. The Bertz CT molecular complexity index is 727. The Balaban J connectivity index is 2.38. The molecule has 0 saturated carbocycles. The maximum Gasteiger partial charge on any atom is 0.239 e. The highest BCUT2D eigenvalue weighted by Gasteiger charge is 2.23. The van der Waals surface area contributed by atoms with Gasteiger partial charge in [0.25, 0.3) is 0 Å². The van der Waals surface area contributed by atoms with Crippen molar-refractivity contribution < 1.29 is 8.42 Å². The summed E-state index contributed by atoms with van der Waals surface area (Å²) in [6.45, 7) is 4.13. The molecule has 0 unspecified atom stereocenters. The normalized spacial score (nSPS) is 11.3. The van der Waals surface area contributed by atoms with Crippen LogP contribution in [0.5, 0.6) is 0 Å². The predicted molar refractivity (Wildman–Crippen MR) is 87.7 cm³/mol. The number of nitrogen functional groups attached to an aromatic ring is 1. The molecule has 2 N–H and O–H groups in total. The fourth-order valence-electron chi connectivity index (χ4n) is 2.30. The molecule has 112 valence electrons. The molecule has 0 radical (unpaired) electrons. The molecule has 0 heterocycles. The van der Waals surface area contributed by atoms with Crippen LogP contribution >= 0.6 is 0 Å². The van der Waals surface area contributed by atoms with Crippen molar-refractivity contribution in [1.29, 1.82) is 0 Å². The summed E-state index contributed by atoms with van der Waals surface area (Å²) in [5.74, 6) is -0.0954. The number of nitrogens with two attached hydrogens (primary N) is 1. The third-order valence-corrected chi connectivity index (χ3v) is 5.20. The molecule has 0 spiro atoms. The van der Waals surface area contributed by atoms with Crippen molar-refractivity contribution in [3.05, 3.63) is 59.7 Å². The van der Waals surface area contributed by atoms with Crippen molar-refractivity contribution in [2.45, 2.75) is 19.6 Å². The summed E-state index contributed by atoms with van der Waals surface area (Å²) >= 11 is 0. The highest BCUT2D eigenvalue weighted by Crippen LogP contribution is 2.25. The van der Waals surface area contributed by atoms with Crippen LogP contribution in [0.15, 0.2) is 48.5 Å². The molecule has 21 heavy (non-hydrogen) atoms. The van der Waals surface area contributed by atoms with Gasteiger partial charge in [-0.05, 0) is 37.1 Å². The molecule has 0 saturated heterocycles. The summed E-state index contributed by atoms with van der Waals surface area (Å²) in [7, 11) is -3.47. The Kier molecular flexibility index (Phi) is 4.53. The van der Waals surface area contributed by atoms with E-state index in [1.807, 2.05) is 38.1 Å². The van der Waals surface area contributed by atoms with Gasteiger partial charge in [-0.25, -0.2) is 8.42 Å². The second-order valence-corrected chi connectivity index (χ2v) is 6.80. The van der Waals surface area contributed by atoms with Crippen LogP contribution in [0.4, 0.5) is 11.4 Å². The van der Waals surface area contributed by atoms with Crippen molar-refractivity contribution in [2.24, 2.45) is 0 Å². The molecule has 0 amide bonds. The third-order valence-electron chi connectivity index (χ3n) is 3.40. The van der Waals surface area contributed by atoms with Gasteiger partial charge in [0.2, 0.25) is 10.0 Å². The molecule has 0 fully saturated rings. The number of hydrogen-bond acceptors (Lipinski definition) is 3. The molecule has 0 aliphatic heterocycles. The molecular weight excluding hydrogens is 284 g/mol. The first-order valence-electron chi connectivity index (χ1n) is 6.85. The van der Waals surface area contributed by atoms with Crippen LogP contribution in [0.2, 0.25) is 0 Å². The van der Waals surface area contributed by atoms with Gasteiger partial charge in [0.1, 0.15) is 0 Å². The third kappa shape index (κ3) is 3.36. The van der Waals surface area contributed by atoms with Crippen LogP contribution in [0.1, 0.15) is 18.1 Å². The minimum Gasteiger partial charge on any atom is -0.398 e. The van der Waals surface area contributed by atoms with E-state index in [1.165, 1.54) is 4.31 Å². The van der Waals surface area contributed by atoms with Crippen LogP contribution in [0.25, 0.3) is 0 Å². The Morgan fingerprint density at radius 1 is 1.05 bits per heavy atom. The van der Waals surface area contributed by atoms with Gasteiger partial charge in [0.05, 0.1) is 11.4 Å². The lowest BCUT2D eigenvalue weighted by molar-refractivity contribution is 0.591. The number of anilines is 2. The number of rotatable bonds is 5. The van der Waals surface area contributed by atoms with Gasteiger partial charge in [-0.1, -0.05) is 36.4 Å². The fraction of sp³-hybridized carbons (Fsp3) is 0.250. The molecule has 2 aromatic rings. The van der Waals surface area contributed by atoms with Gasteiger partial charge in [-0.2, -0.15) is 0 Å². The molecular formula is C16H20N2O2S. The monoisotopic (exact) mass is 304 g/mol. The highest BCUT2D eigenvalue weighted by molar-refractivity contribution is 7.92. The number of nitrogens with zero attached hydrogens (tertiary/aromatic N) is 1. The second-order valence-electron chi connectivity index (χ2n) is 4.91. The number of benzene rings is 2. The lowest BCUT2D eigenvalue weighted by Gasteiger charge is -2.24. The van der Waals surface area contributed by atoms with Gasteiger partial charge in [0, 0.05) is 12.2 Å². The first-order chi connectivity index (χ1) is 9.95. The standard InChI is InChI=1S/C16H20N2O2S/c1-3-18(16-11-7-4-8-13(16)2)21(19,20)12-14-9-5-6-10-15(14)17/h4-11H,3,12,17H2,1-2H3. The fourth-order valence-corrected chi connectivity index (χ4v) is 4.01. The molecule has 4 nitrogen and oxygen atoms in total. The minimum absolute atomic E-state index is 0.0954. The quantitative estimate of drug-likeness (QED) is 0.864. The van der Waals surface area contributed by atoms with Gasteiger partial charge in [0.15, 0.2) is 0 Å². The molecule has 0 aliphatic carbocycles. The minimum atomic E-state index is -3.47. The van der Waals surface area contributed by atoms with Gasteiger partial charge in [-0.15, -0.1) is 0 Å². The smallest absolute Gasteiger partial charge is 0.239 e. The van der Waals surface area contributed by atoms with Crippen LogP contribution in [0.3, 0.4) is 0 Å². The average molecular weight is 304 g/mol. The number of para-hydroxylation sites is 2. The van der Waals surface area contributed by atoms with E-state index < -0.39 is 10.0 Å². The SMILES string of the molecule is CCN(c1ccccc1C)S(=O)(=O)Cc1ccccc1N. The Morgan fingerprint density at radius 3 is 2.29 bits per heavy atom. The van der Waals surface area contributed by atoms with Crippen molar-refractivity contribution >= 4 is 21.4 Å². The van der Waals surface area contributed by atoms with Gasteiger partial charge in [-0.3, -0.25) is 4.31 Å². The van der Waals surface area contributed by atoms with E-state index in [0.717, 1.165) is 11.3 Å². The maximum atomic E-state index is 12.7. The first-order valence-corrected chi connectivity index (χ1v) is 8.46. The first kappa shape index (κ1) is 15.4. The molecule has 0 atom stereocenters. The Hall–Kier alpha value is -2.01. The summed E-state index contributed by atoms with van der Waals surface area (Å²) in [6, 6.07) is 14.5. The average Bonchev–Trinajstić information content (AvgIpc) is 2.44. The van der Waals surface area contributed by atoms with Crippen molar-refractivity contribution in [3.63, 3.8) is 0 Å². The number of aryl methyl sites for hydroxylation is 1. The van der Waals surface area contributed by atoms with E-state index in [9.17, 15) is 8.42 Å². The summed E-state index contributed by atoms with van der Waals surface area (Å²) in [6.07, 6.45) is 0. The molecule has 2 aromatic carbocycles. The second kappa shape index (κ2) is 6.18. The van der Waals surface area contributed by atoms with E-state index in [4.69, 9.17) is 5.73 Å². The van der Waals surface area contributed by atoms with Crippen molar-refractivity contribution in [1.82, 2.24) is 0 Å². The van der Waals surface area contributed by atoms with Crippen LogP contribution in [-0.4, -0.2) is 15.0 Å². The number of sulfonamides is 1.